The number of benzene rings is 3. The summed E-state index contributed by atoms with van der Waals surface area (Å²) in [6.45, 7) is 9.89. The zero-order chi connectivity index (χ0) is 32.2. The largest absolute Gasteiger partial charge is 0.494 e. The zero-order valence-corrected chi connectivity index (χ0v) is 28.1. The summed E-state index contributed by atoms with van der Waals surface area (Å²) in [6.07, 6.45) is 5.15. The Labute approximate surface area is 272 Å². The smallest absolute Gasteiger partial charge is 0.215 e. The fraction of sp³-hybridized carbons (Fsp3) is 0.324. The second-order valence-electron chi connectivity index (χ2n) is 12.0. The molecule has 0 atom stereocenters. The monoisotopic (exact) mass is 623 g/mol. The number of carbonyl (C=O) groups is 1. The Morgan fingerprint density at radius 2 is 1.69 bits per heavy atom. The van der Waals surface area contributed by atoms with Crippen molar-refractivity contribution in [3.63, 3.8) is 0 Å². The topological polar surface area (TPSA) is 70.1 Å². The van der Waals surface area contributed by atoms with Gasteiger partial charge < -0.3 is 14.4 Å². The van der Waals surface area contributed by atoms with Crippen molar-refractivity contribution in [3.05, 3.63) is 108 Å². The van der Waals surface area contributed by atoms with Crippen LogP contribution in [0.4, 0.5) is 5.69 Å². The molecule has 1 N–H and O–H groups in total. The van der Waals surface area contributed by atoms with Gasteiger partial charge in [0.2, 0.25) is 6.41 Å². The number of pyridine rings is 1. The molecule has 1 amide bonds. The standard InChI is InChI=1S/C37H45N5O2S/c1-7-42(27-43)36(39-41(5)26-29-18-22-31(23-19-29)37(2,3)4)15-11-12-28-16-20-30(21-17-28)33-24-35(44-6)34(25-38-33)40-45-32-13-9-8-10-14-32/h8-10,13-14,16-25,27,40H,7,11-12,15,26H2,1-6H3/b39-36-. The third-order valence-corrected chi connectivity index (χ3v) is 8.37. The average Bonchev–Trinajstić information content (AvgIpc) is 3.05. The molecule has 0 fully saturated rings. The SMILES string of the molecule is CCN(C=O)/C(CCCc1ccc(-c2cc(OC)c(NSc3ccccc3)cn2)cc1)=N\N(C)Cc1ccc(C(C)(C)C)cc1. The predicted octanol–water partition coefficient (Wildman–Crippen LogP) is 8.42. The van der Waals surface area contributed by atoms with Gasteiger partial charge in [-0.2, -0.15) is 5.10 Å². The van der Waals surface area contributed by atoms with Gasteiger partial charge in [0.1, 0.15) is 17.3 Å². The summed E-state index contributed by atoms with van der Waals surface area (Å²) in [5.74, 6) is 1.52. The summed E-state index contributed by atoms with van der Waals surface area (Å²) < 4.78 is 8.99. The Morgan fingerprint density at radius 1 is 1.00 bits per heavy atom. The molecule has 1 aromatic heterocycles. The minimum atomic E-state index is 0.122. The maximum atomic E-state index is 11.8. The summed E-state index contributed by atoms with van der Waals surface area (Å²) >= 11 is 1.52. The molecule has 8 heteroatoms. The molecule has 1 heterocycles. The highest BCUT2D eigenvalue weighted by Crippen LogP contribution is 2.32. The molecular weight excluding hydrogens is 579 g/mol. The van der Waals surface area contributed by atoms with Gasteiger partial charge in [0, 0.05) is 36.5 Å². The molecule has 0 radical (unpaired) electrons. The van der Waals surface area contributed by atoms with Gasteiger partial charge in [0.25, 0.3) is 0 Å². The minimum absolute atomic E-state index is 0.122. The Bertz CT molecular complexity index is 1530. The zero-order valence-electron chi connectivity index (χ0n) is 27.3. The fourth-order valence-corrected chi connectivity index (χ4v) is 5.59. The van der Waals surface area contributed by atoms with Crippen molar-refractivity contribution in [2.24, 2.45) is 5.10 Å². The van der Waals surface area contributed by atoms with Gasteiger partial charge in [0.15, 0.2) is 0 Å². The number of aromatic nitrogens is 1. The van der Waals surface area contributed by atoms with Crippen molar-refractivity contribution < 1.29 is 9.53 Å². The van der Waals surface area contributed by atoms with Crippen LogP contribution in [-0.2, 0) is 23.2 Å². The lowest BCUT2D eigenvalue weighted by molar-refractivity contribution is -0.114. The van der Waals surface area contributed by atoms with E-state index in [1.165, 1.54) is 28.6 Å². The molecule has 0 saturated carbocycles. The van der Waals surface area contributed by atoms with Crippen LogP contribution in [0.2, 0.25) is 0 Å². The van der Waals surface area contributed by atoms with E-state index in [1.807, 2.05) is 49.4 Å². The number of carbonyl (C=O) groups excluding carboxylic acids is 1. The summed E-state index contributed by atoms with van der Waals surface area (Å²) in [4.78, 5) is 19.3. The Hall–Kier alpha value is -4.30. The molecule has 4 aromatic rings. The molecule has 7 nitrogen and oxygen atoms in total. The number of hydrogen-bond acceptors (Lipinski definition) is 7. The number of ether oxygens (including phenoxy) is 1. The first-order chi connectivity index (χ1) is 21.7. The van der Waals surface area contributed by atoms with Gasteiger partial charge in [-0.05, 0) is 66.0 Å². The van der Waals surface area contributed by atoms with Crippen LogP contribution >= 0.6 is 11.9 Å². The second kappa shape index (κ2) is 16.1. The molecule has 0 aliphatic carbocycles. The maximum absolute atomic E-state index is 11.8. The lowest BCUT2D eigenvalue weighted by Crippen LogP contribution is -2.31. The minimum Gasteiger partial charge on any atom is -0.494 e. The molecular formula is C37H45N5O2S. The van der Waals surface area contributed by atoms with E-state index in [1.54, 1.807) is 12.0 Å². The number of hydrazone groups is 1. The van der Waals surface area contributed by atoms with Gasteiger partial charge in [-0.25, -0.2) is 0 Å². The highest BCUT2D eigenvalue weighted by Gasteiger charge is 2.14. The van der Waals surface area contributed by atoms with E-state index in [4.69, 9.17) is 9.84 Å². The van der Waals surface area contributed by atoms with E-state index in [9.17, 15) is 4.79 Å². The van der Waals surface area contributed by atoms with Crippen LogP contribution in [0.3, 0.4) is 0 Å². The quantitative estimate of drug-likeness (QED) is 0.0500. The summed E-state index contributed by atoms with van der Waals surface area (Å²) in [7, 11) is 3.63. The van der Waals surface area contributed by atoms with Crippen LogP contribution in [0, 0.1) is 0 Å². The first-order valence-corrected chi connectivity index (χ1v) is 16.2. The number of anilines is 1. The Balaban J connectivity index is 1.35. The van der Waals surface area contributed by atoms with Crippen molar-refractivity contribution in [1.29, 1.82) is 0 Å². The van der Waals surface area contributed by atoms with Crippen molar-refractivity contribution in [3.8, 4) is 17.0 Å². The highest BCUT2D eigenvalue weighted by atomic mass is 32.2. The first-order valence-electron chi connectivity index (χ1n) is 15.4. The third kappa shape index (κ3) is 9.85. The van der Waals surface area contributed by atoms with E-state index in [2.05, 4.69) is 91.1 Å². The van der Waals surface area contributed by atoms with Crippen molar-refractivity contribution in [2.75, 3.05) is 25.4 Å². The van der Waals surface area contributed by atoms with E-state index in [-0.39, 0.29) is 5.41 Å². The number of rotatable bonds is 14. The van der Waals surface area contributed by atoms with Gasteiger partial charge in [0.05, 0.1) is 25.5 Å². The van der Waals surface area contributed by atoms with Crippen molar-refractivity contribution in [1.82, 2.24) is 14.9 Å². The molecule has 236 valence electrons. The molecule has 0 aliphatic heterocycles. The van der Waals surface area contributed by atoms with Crippen LogP contribution in [0.15, 0.2) is 101 Å². The molecule has 0 aliphatic rings. The predicted molar refractivity (Wildman–Crippen MR) is 188 cm³/mol. The molecule has 0 unspecified atom stereocenters. The number of amides is 1. The number of amidine groups is 1. The number of aryl methyl sites for hydroxylation is 1. The van der Waals surface area contributed by atoms with E-state index >= 15 is 0 Å². The number of methoxy groups -OCH3 is 1. The van der Waals surface area contributed by atoms with Gasteiger partial charge >= 0.3 is 0 Å². The number of nitrogens with zero attached hydrogens (tertiary/aromatic N) is 4. The fourth-order valence-electron chi connectivity index (χ4n) is 4.91. The highest BCUT2D eigenvalue weighted by molar-refractivity contribution is 8.00. The Morgan fingerprint density at radius 3 is 2.31 bits per heavy atom. The first kappa shape index (κ1) is 33.6. The summed E-state index contributed by atoms with van der Waals surface area (Å²) in [5.41, 5.74) is 6.54. The van der Waals surface area contributed by atoms with Crippen LogP contribution in [-0.4, -0.2) is 47.8 Å². The van der Waals surface area contributed by atoms with Gasteiger partial charge in [-0.1, -0.05) is 87.5 Å². The van der Waals surface area contributed by atoms with Crippen LogP contribution in [0.1, 0.15) is 57.2 Å². The van der Waals surface area contributed by atoms with Crippen LogP contribution < -0.4 is 9.46 Å². The number of hydrogen-bond donors (Lipinski definition) is 1. The lowest BCUT2D eigenvalue weighted by Gasteiger charge is -2.22. The molecule has 0 spiro atoms. The average molecular weight is 624 g/mol. The second-order valence-corrected chi connectivity index (χ2v) is 12.9. The third-order valence-electron chi connectivity index (χ3n) is 7.54. The van der Waals surface area contributed by atoms with Crippen LogP contribution in [0.25, 0.3) is 11.3 Å². The summed E-state index contributed by atoms with van der Waals surface area (Å²) in [6, 6.07) is 29.3. The van der Waals surface area contributed by atoms with Crippen molar-refractivity contribution in [2.45, 2.75) is 63.8 Å². The Kier molecular flexibility index (Phi) is 12.0. The maximum Gasteiger partial charge on any atom is 0.215 e. The van der Waals surface area contributed by atoms with Crippen LogP contribution in [0.5, 0.6) is 5.75 Å². The van der Waals surface area contributed by atoms with E-state index in [0.29, 0.717) is 19.5 Å². The molecule has 3 aromatic carbocycles. The molecule has 4 rings (SSSR count). The normalized spacial score (nSPS) is 11.6. The van der Waals surface area contributed by atoms with Crippen molar-refractivity contribution >= 4 is 29.9 Å². The van der Waals surface area contributed by atoms with Gasteiger partial charge in [-0.3, -0.25) is 14.8 Å². The van der Waals surface area contributed by atoms with Gasteiger partial charge in [-0.15, -0.1) is 0 Å². The molecule has 0 bridgehead atoms. The summed E-state index contributed by atoms with van der Waals surface area (Å²) in [5, 5.41) is 6.76. The number of nitrogens with one attached hydrogen (secondary N) is 1. The van der Waals surface area contributed by atoms with E-state index in [0.717, 1.165) is 52.7 Å². The molecule has 0 saturated heterocycles. The lowest BCUT2D eigenvalue weighted by atomic mass is 9.87. The van der Waals surface area contributed by atoms with E-state index < -0.39 is 0 Å². The molecule has 45 heavy (non-hydrogen) atoms.